The van der Waals surface area contributed by atoms with E-state index in [2.05, 4.69) is 39.3 Å². The second kappa shape index (κ2) is 8.46. The van der Waals surface area contributed by atoms with Gasteiger partial charge in [-0.15, -0.1) is 11.3 Å². The summed E-state index contributed by atoms with van der Waals surface area (Å²) in [6.45, 7) is 10.7. The summed E-state index contributed by atoms with van der Waals surface area (Å²) < 4.78 is 0. The van der Waals surface area contributed by atoms with Crippen LogP contribution in [0.25, 0.3) is 0 Å². The number of carbonyl (C=O) groups excluding carboxylic acids is 1. The van der Waals surface area contributed by atoms with Crippen LogP contribution in [-0.2, 0) is 17.6 Å². The predicted octanol–water partition coefficient (Wildman–Crippen LogP) is 1.00. The van der Waals surface area contributed by atoms with Crippen molar-refractivity contribution in [2.75, 3.05) is 45.8 Å². The number of aryl methyl sites for hydroxylation is 1. The molecule has 1 aromatic rings. The third-order valence-electron chi connectivity index (χ3n) is 3.90. The molecule has 1 amide bonds. The van der Waals surface area contributed by atoms with Gasteiger partial charge in [0, 0.05) is 44.5 Å². The Bertz CT molecular complexity index is 441. The van der Waals surface area contributed by atoms with Crippen molar-refractivity contribution in [3.8, 4) is 0 Å². The maximum atomic E-state index is 11.9. The van der Waals surface area contributed by atoms with E-state index >= 15 is 0 Å². The normalized spacial score (nSPS) is 17.0. The minimum absolute atomic E-state index is 0.132. The van der Waals surface area contributed by atoms with Gasteiger partial charge in [-0.05, 0) is 13.0 Å². The van der Waals surface area contributed by atoms with Gasteiger partial charge in [0.15, 0.2) is 0 Å². The molecule has 0 aromatic carbocycles. The molecule has 1 N–H and O–H groups in total. The molecule has 0 aliphatic carbocycles. The number of nitrogens with zero attached hydrogens (tertiary/aromatic N) is 3. The van der Waals surface area contributed by atoms with Crippen LogP contribution in [0.4, 0.5) is 0 Å². The molecule has 1 aliphatic rings. The van der Waals surface area contributed by atoms with Crippen molar-refractivity contribution in [2.45, 2.75) is 26.7 Å². The summed E-state index contributed by atoms with van der Waals surface area (Å²) >= 11 is 1.69. The molecule has 0 atom stereocenters. The lowest BCUT2D eigenvalue weighted by molar-refractivity contribution is -0.122. The Kier molecular flexibility index (Phi) is 6.60. The maximum absolute atomic E-state index is 11.9. The second-order valence-corrected chi connectivity index (χ2v) is 6.34. The van der Waals surface area contributed by atoms with E-state index in [0.29, 0.717) is 13.1 Å². The van der Waals surface area contributed by atoms with Gasteiger partial charge in [-0.2, -0.15) is 0 Å². The van der Waals surface area contributed by atoms with Gasteiger partial charge in [0.1, 0.15) is 0 Å². The Morgan fingerprint density at radius 1 is 1.29 bits per heavy atom. The molecule has 1 fully saturated rings. The Labute approximate surface area is 131 Å². The zero-order valence-corrected chi connectivity index (χ0v) is 13.9. The monoisotopic (exact) mass is 310 g/mol. The van der Waals surface area contributed by atoms with Crippen molar-refractivity contribution < 1.29 is 4.79 Å². The zero-order chi connectivity index (χ0) is 15.1. The minimum atomic E-state index is 0.132. The first-order valence-electron chi connectivity index (χ1n) is 7.86. The number of hydrogen-bond donors (Lipinski definition) is 1. The number of aromatic nitrogens is 1. The molecule has 5 nitrogen and oxygen atoms in total. The highest BCUT2D eigenvalue weighted by Crippen LogP contribution is 2.10. The number of amides is 1. The van der Waals surface area contributed by atoms with E-state index in [-0.39, 0.29) is 5.91 Å². The largest absolute Gasteiger partial charge is 0.355 e. The fraction of sp³-hybridized carbons (Fsp3) is 0.733. The first kappa shape index (κ1) is 16.4. The SMILES string of the molecule is CCc1csc(CCNC(=O)CN2CCN(CC)CC2)n1. The molecule has 0 saturated carbocycles. The van der Waals surface area contributed by atoms with E-state index < -0.39 is 0 Å². The first-order chi connectivity index (χ1) is 10.2. The van der Waals surface area contributed by atoms with E-state index in [1.54, 1.807) is 11.3 Å². The molecule has 0 spiro atoms. The van der Waals surface area contributed by atoms with Crippen LogP contribution in [0.1, 0.15) is 24.5 Å². The maximum Gasteiger partial charge on any atom is 0.234 e. The van der Waals surface area contributed by atoms with Crippen molar-refractivity contribution in [3.05, 3.63) is 16.1 Å². The molecule has 1 aliphatic heterocycles. The standard InChI is InChI=1S/C15H26N4OS/c1-3-13-12-21-15(17-13)5-6-16-14(20)11-19-9-7-18(4-2)8-10-19/h12H,3-11H2,1-2H3,(H,16,20). The van der Waals surface area contributed by atoms with Gasteiger partial charge in [-0.25, -0.2) is 4.98 Å². The lowest BCUT2D eigenvalue weighted by Gasteiger charge is -2.33. The fourth-order valence-corrected chi connectivity index (χ4v) is 3.34. The topological polar surface area (TPSA) is 48.5 Å². The van der Waals surface area contributed by atoms with Gasteiger partial charge >= 0.3 is 0 Å². The van der Waals surface area contributed by atoms with Crippen LogP contribution in [0.5, 0.6) is 0 Å². The van der Waals surface area contributed by atoms with E-state index in [9.17, 15) is 4.79 Å². The lowest BCUT2D eigenvalue weighted by atomic mass is 10.3. The van der Waals surface area contributed by atoms with Crippen LogP contribution in [0, 0.1) is 0 Å². The summed E-state index contributed by atoms with van der Waals surface area (Å²) in [6, 6.07) is 0. The van der Waals surface area contributed by atoms with Crippen LogP contribution in [0.2, 0.25) is 0 Å². The number of thiazole rings is 1. The van der Waals surface area contributed by atoms with Gasteiger partial charge in [0.25, 0.3) is 0 Å². The molecule has 0 bridgehead atoms. The average molecular weight is 310 g/mol. The Morgan fingerprint density at radius 2 is 2.00 bits per heavy atom. The predicted molar refractivity (Wildman–Crippen MR) is 86.8 cm³/mol. The van der Waals surface area contributed by atoms with E-state index in [0.717, 1.165) is 56.3 Å². The highest BCUT2D eigenvalue weighted by Gasteiger charge is 2.17. The smallest absolute Gasteiger partial charge is 0.234 e. The second-order valence-electron chi connectivity index (χ2n) is 5.40. The Morgan fingerprint density at radius 3 is 2.62 bits per heavy atom. The molecular formula is C15H26N4OS. The summed E-state index contributed by atoms with van der Waals surface area (Å²) in [5.74, 6) is 0.132. The third-order valence-corrected chi connectivity index (χ3v) is 4.86. The summed E-state index contributed by atoms with van der Waals surface area (Å²) in [6.07, 6.45) is 1.81. The van der Waals surface area contributed by atoms with Crippen molar-refractivity contribution in [3.63, 3.8) is 0 Å². The van der Waals surface area contributed by atoms with Crippen molar-refractivity contribution in [1.29, 1.82) is 0 Å². The number of rotatable bonds is 7. The molecule has 118 valence electrons. The highest BCUT2D eigenvalue weighted by molar-refractivity contribution is 7.09. The quantitative estimate of drug-likeness (QED) is 0.816. The Balaban J connectivity index is 1.61. The molecule has 1 saturated heterocycles. The number of nitrogens with one attached hydrogen (secondary N) is 1. The molecule has 6 heteroatoms. The van der Waals surface area contributed by atoms with E-state index in [1.807, 2.05) is 0 Å². The van der Waals surface area contributed by atoms with Gasteiger partial charge < -0.3 is 10.2 Å². The van der Waals surface area contributed by atoms with Gasteiger partial charge in [0.2, 0.25) is 5.91 Å². The molecule has 1 aromatic heterocycles. The van der Waals surface area contributed by atoms with Crippen LogP contribution in [0.3, 0.4) is 0 Å². The molecule has 0 radical (unpaired) electrons. The van der Waals surface area contributed by atoms with Crippen molar-refractivity contribution >= 4 is 17.2 Å². The number of piperazine rings is 1. The van der Waals surface area contributed by atoms with Crippen LogP contribution in [-0.4, -0.2) is 66.5 Å². The van der Waals surface area contributed by atoms with Crippen LogP contribution in [0.15, 0.2) is 5.38 Å². The van der Waals surface area contributed by atoms with E-state index in [4.69, 9.17) is 0 Å². The third kappa shape index (κ3) is 5.37. The fourth-order valence-electron chi connectivity index (χ4n) is 2.46. The van der Waals surface area contributed by atoms with Gasteiger partial charge in [-0.1, -0.05) is 13.8 Å². The number of carbonyl (C=O) groups is 1. The van der Waals surface area contributed by atoms with Gasteiger partial charge in [0.05, 0.1) is 17.2 Å². The molecular weight excluding hydrogens is 284 g/mol. The molecule has 21 heavy (non-hydrogen) atoms. The minimum Gasteiger partial charge on any atom is -0.355 e. The van der Waals surface area contributed by atoms with Crippen LogP contribution < -0.4 is 5.32 Å². The zero-order valence-electron chi connectivity index (χ0n) is 13.1. The summed E-state index contributed by atoms with van der Waals surface area (Å²) in [4.78, 5) is 21.1. The number of likely N-dealkylation sites (N-methyl/N-ethyl adjacent to an activating group) is 1. The van der Waals surface area contributed by atoms with Crippen LogP contribution >= 0.6 is 11.3 Å². The first-order valence-corrected chi connectivity index (χ1v) is 8.74. The summed E-state index contributed by atoms with van der Waals surface area (Å²) in [7, 11) is 0. The van der Waals surface area contributed by atoms with Crippen molar-refractivity contribution in [2.24, 2.45) is 0 Å². The number of hydrogen-bond acceptors (Lipinski definition) is 5. The lowest BCUT2D eigenvalue weighted by Crippen LogP contribution is -2.49. The molecule has 2 heterocycles. The summed E-state index contributed by atoms with van der Waals surface area (Å²) in [5, 5.41) is 6.22. The average Bonchev–Trinajstić information content (AvgIpc) is 2.96. The van der Waals surface area contributed by atoms with Gasteiger partial charge in [-0.3, -0.25) is 9.69 Å². The summed E-state index contributed by atoms with van der Waals surface area (Å²) in [5.41, 5.74) is 1.15. The molecule has 0 unspecified atom stereocenters. The molecule has 2 rings (SSSR count). The van der Waals surface area contributed by atoms with E-state index in [1.165, 1.54) is 0 Å². The highest BCUT2D eigenvalue weighted by atomic mass is 32.1. The van der Waals surface area contributed by atoms with Crippen molar-refractivity contribution in [1.82, 2.24) is 20.1 Å². The Hall–Kier alpha value is -0.980.